The highest BCUT2D eigenvalue weighted by molar-refractivity contribution is 6.44. The van der Waals surface area contributed by atoms with Crippen molar-refractivity contribution in [1.29, 1.82) is 0 Å². The van der Waals surface area contributed by atoms with Crippen molar-refractivity contribution in [2.75, 3.05) is 6.54 Å². The summed E-state index contributed by atoms with van der Waals surface area (Å²) in [6, 6.07) is 3.45. The Morgan fingerprint density at radius 1 is 1.17 bits per heavy atom. The van der Waals surface area contributed by atoms with E-state index in [9.17, 15) is 0 Å². The molecule has 2 N–H and O–H groups in total. The highest BCUT2D eigenvalue weighted by atomic mass is 35.5. The Hall–Kier alpha value is -0.740. The fraction of sp³-hybridized carbons (Fsp3) is 0.250. The van der Waals surface area contributed by atoms with Crippen LogP contribution in [0.3, 0.4) is 0 Å². The number of hydrogen-bond acceptors (Lipinski definition) is 2. The van der Waals surface area contributed by atoms with Crippen LogP contribution in [0, 0.1) is 0 Å². The maximum atomic E-state index is 6.10. The number of aromatic amines is 1. The van der Waals surface area contributed by atoms with Crippen LogP contribution in [0.15, 0.2) is 24.7 Å². The van der Waals surface area contributed by atoms with Crippen LogP contribution in [0.4, 0.5) is 0 Å². The smallest absolute Gasteiger partial charge is 0.0921 e. The van der Waals surface area contributed by atoms with Gasteiger partial charge in [0, 0.05) is 42.0 Å². The maximum absolute atomic E-state index is 6.10. The summed E-state index contributed by atoms with van der Waals surface area (Å²) in [4.78, 5) is 7.00. The second-order valence-electron chi connectivity index (χ2n) is 3.83. The molecule has 0 atom stereocenters. The lowest BCUT2D eigenvalue weighted by molar-refractivity contribution is 0.681. The van der Waals surface area contributed by atoms with Gasteiger partial charge in [0.2, 0.25) is 0 Å². The molecule has 0 fully saturated rings. The van der Waals surface area contributed by atoms with Gasteiger partial charge in [-0.25, -0.2) is 4.98 Å². The number of nitrogens with zero attached hydrogens (tertiary/aromatic N) is 1. The van der Waals surface area contributed by atoms with Crippen LogP contribution >= 0.6 is 34.8 Å². The van der Waals surface area contributed by atoms with Crippen molar-refractivity contribution >= 4 is 34.8 Å². The first kappa shape index (κ1) is 13.7. The SMILES string of the molecule is Clc1ccc(Cl)c(CNCCc2cnc[nH]2)c1Cl. The van der Waals surface area contributed by atoms with Crippen LogP contribution in [0.2, 0.25) is 15.1 Å². The fourth-order valence-electron chi connectivity index (χ4n) is 1.59. The Morgan fingerprint density at radius 2 is 1.94 bits per heavy atom. The maximum Gasteiger partial charge on any atom is 0.0921 e. The molecule has 0 bridgehead atoms. The number of rotatable bonds is 5. The summed E-state index contributed by atoms with van der Waals surface area (Å²) in [5, 5.41) is 4.93. The Bertz CT molecular complexity index is 512. The van der Waals surface area contributed by atoms with Gasteiger partial charge in [-0.3, -0.25) is 0 Å². The molecule has 0 saturated heterocycles. The summed E-state index contributed by atoms with van der Waals surface area (Å²) in [5.74, 6) is 0. The van der Waals surface area contributed by atoms with Gasteiger partial charge in [0.05, 0.1) is 16.4 Å². The molecule has 0 aliphatic heterocycles. The van der Waals surface area contributed by atoms with Crippen molar-refractivity contribution in [3.63, 3.8) is 0 Å². The lowest BCUT2D eigenvalue weighted by Gasteiger charge is -2.09. The lowest BCUT2D eigenvalue weighted by atomic mass is 10.2. The minimum absolute atomic E-state index is 0.512. The molecule has 0 aliphatic rings. The number of halogens is 3. The van der Waals surface area contributed by atoms with E-state index >= 15 is 0 Å². The molecule has 2 aromatic rings. The number of hydrogen-bond donors (Lipinski definition) is 2. The van der Waals surface area contributed by atoms with Crippen molar-refractivity contribution in [3.05, 3.63) is 51.0 Å². The number of aromatic nitrogens is 2. The highest BCUT2D eigenvalue weighted by Gasteiger charge is 2.08. The average Bonchev–Trinajstić information content (AvgIpc) is 2.86. The van der Waals surface area contributed by atoms with Crippen molar-refractivity contribution in [2.45, 2.75) is 13.0 Å². The lowest BCUT2D eigenvalue weighted by Crippen LogP contribution is -2.17. The van der Waals surface area contributed by atoms with E-state index in [-0.39, 0.29) is 0 Å². The number of imidazole rings is 1. The molecule has 0 aliphatic carbocycles. The van der Waals surface area contributed by atoms with Crippen LogP contribution in [0.5, 0.6) is 0 Å². The van der Waals surface area contributed by atoms with Gasteiger partial charge in [-0.2, -0.15) is 0 Å². The van der Waals surface area contributed by atoms with Crippen LogP contribution in [0.1, 0.15) is 11.3 Å². The normalized spacial score (nSPS) is 10.8. The van der Waals surface area contributed by atoms with Gasteiger partial charge in [-0.05, 0) is 12.1 Å². The molecule has 0 amide bonds. The van der Waals surface area contributed by atoms with E-state index in [1.807, 2.05) is 0 Å². The quantitative estimate of drug-likeness (QED) is 0.653. The highest BCUT2D eigenvalue weighted by Crippen LogP contribution is 2.31. The second kappa shape index (κ2) is 6.43. The zero-order valence-corrected chi connectivity index (χ0v) is 11.8. The third-order valence-electron chi connectivity index (χ3n) is 2.57. The van der Waals surface area contributed by atoms with Crippen molar-refractivity contribution in [3.8, 4) is 0 Å². The molecule has 1 aromatic heterocycles. The Morgan fingerprint density at radius 3 is 2.67 bits per heavy atom. The molecule has 96 valence electrons. The predicted molar refractivity (Wildman–Crippen MR) is 75.5 cm³/mol. The molecule has 1 aromatic carbocycles. The molecule has 0 saturated carbocycles. The second-order valence-corrected chi connectivity index (χ2v) is 5.02. The molecular formula is C12H12Cl3N3. The molecule has 2 rings (SSSR count). The van der Waals surface area contributed by atoms with Gasteiger partial charge in [0.15, 0.2) is 0 Å². The molecule has 18 heavy (non-hydrogen) atoms. The number of nitrogens with one attached hydrogen (secondary N) is 2. The third-order valence-corrected chi connectivity index (χ3v) is 3.76. The molecule has 3 nitrogen and oxygen atoms in total. The van der Waals surface area contributed by atoms with Crippen LogP contribution in [-0.4, -0.2) is 16.5 Å². The summed E-state index contributed by atoms with van der Waals surface area (Å²) >= 11 is 18.1. The standard InChI is InChI=1S/C12H12Cl3N3/c13-10-1-2-11(14)12(15)9(10)6-16-4-3-8-5-17-7-18-8/h1-2,5,7,16H,3-4,6H2,(H,17,18). The zero-order valence-electron chi connectivity index (χ0n) is 9.51. The minimum Gasteiger partial charge on any atom is -0.348 e. The monoisotopic (exact) mass is 303 g/mol. The molecule has 0 unspecified atom stereocenters. The van der Waals surface area contributed by atoms with Gasteiger partial charge >= 0.3 is 0 Å². The summed E-state index contributed by atoms with van der Waals surface area (Å²) in [6.07, 6.45) is 4.34. The number of benzene rings is 1. The Kier molecular flexibility index (Phi) is 4.89. The minimum atomic E-state index is 0.512. The van der Waals surface area contributed by atoms with Crippen molar-refractivity contribution in [2.24, 2.45) is 0 Å². The van der Waals surface area contributed by atoms with Gasteiger partial charge in [-0.1, -0.05) is 34.8 Å². The first-order valence-corrected chi connectivity index (χ1v) is 6.62. The van der Waals surface area contributed by atoms with E-state index in [0.717, 1.165) is 24.2 Å². The van der Waals surface area contributed by atoms with E-state index < -0.39 is 0 Å². The van der Waals surface area contributed by atoms with E-state index in [4.69, 9.17) is 34.8 Å². The van der Waals surface area contributed by atoms with E-state index in [0.29, 0.717) is 21.6 Å². The first-order chi connectivity index (χ1) is 8.68. The van der Waals surface area contributed by atoms with E-state index in [2.05, 4.69) is 15.3 Å². The summed E-state index contributed by atoms with van der Waals surface area (Å²) in [7, 11) is 0. The van der Waals surface area contributed by atoms with Gasteiger partial charge < -0.3 is 10.3 Å². The summed E-state index contributed by atoms with van der Waals surface area (Å²) < 4.78 is 0. The van der Waals surface area contributed by atoms with E-state index in [1.165, 1.54) is 0 Å². The molecule has 6 heteroatoms. The zero-order chi connectivity index (χ0) is 13.0. The van der Waals surface area contributed by atoms with E-state index in [1.54, 1.807) is 24.7 Å². The fourth-order valence-corrected chi connectivity index (χ4v) is 2.27. The van der Waals surface area contributed by atoms with Crippen LogP contribution in [-0.2, 0) is 13.0 Å². The van der Waals surface area contributed by atoms with Crippen LogP contribution in [0.25, 0.3) is 0 Å². The third kappa shape index (κ3) is 3.39. The van der Waals surface area contributed by atoms with Gasteiger partial charge in [0.1, 0.15) is 0 Å². The predicted octanol–water partition coefficient (Wildman–Crippen LogP) is 3.70. The average molecular weight is 305 g/mol. The van der Waals surface area contributed by atoms with Crippen LogP contribution < -0.4 is 5.32 Å². The molecule has 0 radical (unpaired) electrons. The molecule has 1 heterocycles. The largest absolute Gasteiger partial charge is 0.348 e. The molecular weight excluding hydrogens is 293 g/mol. The van der Waals surface area contributed by atoms with Crippen molar-refractivity contribution < 1.29 is 0 Å². The first-order valence-electron chi connectivity index (χ1n) is 5.49. The summed E-state index contributed by atoms with van der Waals surface area (Å²) in [6.45, 7) is 1.40. The van der Waals surface area contributed by atoms with Crippen molar-refractivity contribution in [1.82, 2.24) is 15.3 Å². The summed E-state index contributed by atoms with van der Waals surface area (Å²) in [5.41, 5.74) is 1.92. The van der Waals surface area contributed by atoms with Gasteiger partial charge in [0.25, 0.3) is 0 Å². The van der Waals surface area contributed by atoms with Gasteiger partial charge in [-0.15, -0.1) is 0 Å². The topological polar surface area (TPSA) is 40.7 Å². The number of H-pyrrole nitrogens is 1. The Labute approximate surface area is 120 Å². The Balaban J connectivity index is 1.88. The molecule has 0 spiro atoms.